The molecule has 0 bridgehead atoms. The zero-order valence-electron chi connectivity index (χ0n) is 7.47. The zero-order valence-corrected chi connectivity index (χ0v) is 10.4. The van der Waals surface area contributed by atoms with Crippen molar-refractivity contribution in [3.05, 3.63) is 0 Å². The molecule has 1 aliphatic heterocycles. The molecule has 1 spiro atoms. The van der Waals surface area contributed by atoms with Crippen LogP contribution in [0.1, 0.15) is 51.4 Å². The molecule has 0 aromatic heterocycles. The van der Waals surface area contributed by atoms with Crippen LogP contribution < -0.4 is 0 Å². The van der Waals surface area contributed by atoms with Gasteiger partial charge in [0.05, 0.1) is 0 Å². The molecule has 1 nitrogen and oxygen atoms in total. The van der Waals surface area contributed by atoms with Gasteiger partial charge in [-0.3, -0.25) is 0 Å². The third-order valence-corrected chi connectivity index (χ3v) is 4.16. The second-order valence-electron chi connectivity index (χ2n) is 4.07. The summed E-state index contributed by atoms with van der Waals surface area (Å²) < 4.78 is 7.38. The van der Waals surface area contributed by atoms with E-state index >= 15 is 0 Å². The van der Waals surface area contributed by atoms with E-state index in [1.807, 2.05) is 0 Å². The van der Waals surface area contributed by atoms with Gasteiger partial charge in [-0.25, -0.2) is 0 Å². The molecule has 0 aromatic rings. The Morgan fingerprint density at radius 1 is 1.00 bits per heavy atom. The summed E-state index contributed by atoms with van der Waals surface area (Å²) in [7, 11) is 0. The molecule has 0 unspecified atom stereocenters. The molecule has 12 heavy (non-hydrogen) atoms. The van der Waals surface area contributed by atoms with E-state index in [1.165, 1.54) is 55.5 Å². The van der Waals surface area contributed by atoms with Gasteiger partial charge in [0.1, 0.15) is 0 Å². The van der Waals surface area contributed by atoms with Crippen LogP contribution in [0.15, 0.2) is 0 Å². The van der Waals surface area contributed by atoms with E-state index in [1.54, 1.807) is 19.4 Å². The fourth-order valence-electron chi connectivity index (χ4n) is 2.40. The van der Waals surface area contributed by atoms with Gasteiger partial charge in [0.25, 0.3) is 0 Å². The molecular weight excluding hydrogens is 320 g/mol. The molecule has 68 valence electrons. The summed E-state index contributed by atoms with van der Waals surface area (Å²) in [5.41, 5.74) is 0.313. The minimum atomic E-state index is 0.313. The van der Waals surface area contributed by atoms with Crippen LogP contribution in [0.4, 0.5) is 0 Å². The average Bonchev–Trinajstić information content (AvgIpc) is 2.30. The second-order valence-corrected chi connectivity index (χ2v) is 5.71. The van der Waals surface area contributed by atoms with Gasteiger partial charge in [0, 0.05) is 0 Å². The molecule has 0 atom stereocenters. The summed E-state index contributed by atoms with van der Waals surface area (Å²) >= 11 is 1.55. The van der Waals surface area contributed by atoms with Gasteiger partial charge in [-0.15, -0.1) is 0 Å². The van der Waals surface area contributed by atoms with Crippen LogP contribution in [-0.4, -0.2) is 9.69 Å². The predicted molar refractivity (Wildman–Crippen MR) is 45.8 cm³/mol. The first kappa shape index (κ1) is 9.09. The third-order valence-electron chi connectivity index (χ3n) is 3.13. The number of ether oxygens (including phenoxy) is 1. The van der Waals surface area contributed by atoms with Gasteiger partial charge in [0.2, 0.25) is 0 Å². The van der Waals surface area contributed by atoms with Crippen molar-refractivity contribution < 1.29 is 24.1 Å². The monoisotopic (exact) mass is 336 g/mol. The summed E-state index contributed by atoms with van der Waals surface area (Å²) in [4.78, 5) is 0. The van der Waals surface area contributed by atoms with E-state index in [4.69, 9.17) is 4.74 Å². The number of hydrogen-bond acceptors (Lipinski definition) is 1. The van der Waals surface area contributed by atoms with Gasteiger partial charge in [-0.1, -0.05) is 0 Å². The Labute approximate surface area is 85.3 Å². The van der Waals surface area contributed by atoms with Crippen LogP contribution in [0, 0.1) is 0 Å². The van der Waals surface area contributed by atoms with Crippen molar-refractivity contribution in [3.63, 3.8) is 0 Å². The van der Waals surface area contributed by atoms with Crippen molar-refractivity contribution in [1.82, 2.24) is 0 Å². The van der Waals surface area contributed by atoms with E-state index in [2.05, 4.69) is 0 Å². The second kappa shape index (κ2) is 3.72. The SMILES string of the molecule is [W]=[C]1CCC2(CCCCCC2)O1. The van der Waals surface area contributed by atoms with E-state index in [0.29, 0.717) is 5.60 Å². The van der Waals surface area contributed by atoms with Gasteiger partial charge in [0.15, 0.2) is 0 Å². The molecule has 1 aliphatic carbocycles. The molecule has 1 saturated carbocycles. The van der Waals surface area contributed by atoms with Crippen LogP contribution >= 0.6 is 0 Å². The molecule has 1 heterocycles. The van der Waals surface area contributed by atoms with E-state index < -0.39 is 0 Å². The maximum atomic E-state index is 6.02. The Balaban J connectivity index is 2.03. The summed E-state index contributed by atoms with van der Waals surface area (Å²) in [6.07, 6.45) is 10.8. The summed E-state index contributed by atoms with van der Waals surface area (Å²) in [6.45, 7) is 0. The summed E-state index contributed by atoms with van der Waals surface area (Å²) in [5.74, 6) is 0. The first-order chi connectivity index (χ1) is 5.81. The molecule has 2 fully saturated rings. The number of rotatable bonds is 0. The van der Waals surface area contributed by atoms with Crippen LogP contribution in [0.5, 0.6) is 0 Å². The fourth-order valence-corrected chi connectivity index (χ4v) is 3.40. The number of hydrogen-bond donors (Lipinski definition) is 0. The van der Waals surface area contributed by atoms with E-state index in [0.717, 1.165) is 0 Å². The average molecular weight is 336 g/mol. The Morgan fingerprint density at radius 3 is 2.17 bits per heavy atom. The van der Waals surface area contributed by atoms with Gasteiger partial charge >= 0.3 is 85.1 Å². The Morgan fingerprint density at radius 2 is 1.67 bits per heavy atom. The molecule has 0 radical (unpaired) electrons. The first-order valence-electron chi connectivity index (χ1n) is 5.03. The minimum absolute atomic E-state index is 0.313. The Bertz CT molecular complexity index is 180. The molecule has 0 aromatic carbocycles. The van der Waals surface area contributed by atoms with E-state index in [9.17, 15) is 0 Å². The van der Waals surface area contributed by atoms with Gasteiger partial charge < -0.3 is 0 Å². The van der Waals surface area contributed by atoms with Gasteiger partial charge in [-0.05, 0) is 0 Å². The quantitative estimate of drug-likeness (QED) is 0.661. The Hall–Kier alpha value is 0.518. The zero-order chi connectivity index (χ0) is 8.44. The van der Waals surface area contributed by atoms with Crippen LogP contribution in [-0.2, 0) is 24.1 Å². The van der Waals surface area contributed by atoms with Crippen molar-refractivity contribution in [2.24, 2.45) is 0 Å². The fraction of sp³-hybridized carbons (Fsp3) is 0.900. The molecule has 0 N–H and O–H groups in total. The first-order valence-corrected chi connectivity index (χ1v) is 6.49. The van der Waals surface area contributed by atoms with Gasteiger partial charge in [-0.2, -0.15) is 0 Å². The van der Waals surface area contributed by atoms with Crippen molar-refractivity contribution in [2.45, 2.75) is 57.0 Å². The van der Waals surface area contributed by atoms with Crippen molar-refractivity contribution in [3.8, 4) is 0 Å². The van der Waals surface area contributed by atoms with Crippen molar-refractivity contribution in [2.75, 3.05) is 0 Å². The molecule has 2 rings (SSSR count). The molecule has 0 amide bonds. The predicted octanol–water partition coefficient (Wildman–Crippen LogP) is 2.57. The molecular formula is C10H16OW. The van der Waals surface area contributed by atoms with E-state index in [-0.39, 0.29) is 0 Å². The van der Waals surface area contributed by atoms with Crippen LogP contribution in [0.3, 0.4) is 0 Å². The normalized spacial score (nSPS) is 29.2. The third kappa shape index (κ3) is 1.88. The molecule has 2 aliphatic rings. The van der Waals surface area contributed by atoms with Crippen LogP contribution in [0.25, 0.3) is 0 Å². The van der Waals surface area contributed by atoms with Crippen LogP contribution in [0.2, 0.25) is 0 Å². The molecule has 1 saturated heterocycles. The summed E-state index contributed by atoms with van der Waals surface area (Å²) in [6, 6.07) is 0. The maximum absolute atomic E-state index is 6.02. The van der Waals surface area contributed by atoms with Crippen molar-refractivity contribution >= 4 is 4.08 Å². The standard InChI is InChI=1S/C10H16O.W/c1-2-4-7-10(6-3-1)8-5-9-11-10;/h1-8H2;. The molecule has 2 heteroatoms. The Kier molecular flexibility index (Phi) is 2.81. The topological polar surface area (TPSA) is 9.23 Å². The van der Waals surface area contributed by atoms with Crippen molar-refractivity contribution in [1.29, 1.82) is 0 Å². The summed E-state index contributed by atoms with van der Waals surface area (Å²) in [5, 5.41) is 0.